The van der Waals surface area contributed by atoms with Crippen molar-refractivity contribution in [1.82, 2.24) is 15.0 Å². The van der Waals surface area contributed by atoms with Gasteiger partial charge in [0.2, 0.25) is 11.7 Å². The predicted octanol–water partition coefficient (Wildman–Crippen LogP) is 5.23. The summed E-state index contributed by atoms with van der Waals surface area (Å²) in [4.78, 5) is 19.1. The van der Waals surface area contributed by atoms with Crippen LogP contribution in [0.4, 0.5) is 0 Å². The molecule has 7 heteroatoms. The fourth-order valence-corrected chi connectivity index (χ4v) is 2.88. The molecule has 0 atom stereocenters. The molecule has 0 saturated heterocycles. The van der Waals surface area contributed by atoms with Crippen LogP contribution in [0.25, 0.3) is 11.4 Å². The summed E-state index contributed by atoms with van der Waals surface area (Å²) in [7, 11) is 0. The summed E-state index contributed by atoms with van der Waals surface area (Å²) in [5.74, 6) is 1.49. The molecule has 0 fully saturated rings. The van der Waals surface area contributed by atoms with Gasteiger partial charge in [-0.15, -0.1) is 0 Å². The molecule has 6 nitrogen and oxygen atoms in total. The number of ether oxygens (including phenoxy) is 1. The molecule has 3 rings (SSSR count). The highest BCUT2D eigenvalue weighted by Gasteiger charge is 2.22. The molecule has 0 unspecified atom stereocenters. The number of hydrogen-bond acceptors (Lipinski definition) is 5. The van der Waals surface area contributed by atoms with Gasteiger partial charge in [0, 0.05) is 22.2 Å². The van der Waals surface area contributed by atoms with Crippen molar-refractivity contribution in [3.8, 4) is 17.1 Å². The molecular formula is C22H24ClN3O3. The maximum atomic E-state index is 13.0. The van der Waals surface area contributed by atoms with Crippen LogP contribution in [-0.4, -0.2) is 33.6 Å². The highest BCUT2D eigenvalue weighted by Crippen LogP contribution is 2.21. The third-order valence-corrected chi connectivity index (χ3v) is 4.59. The first-order chi connectivity index (χ1) is 14.0. The molecular weight excluding hydrogens is 390 g/mol. The lowest BCUT2D eigenvalue weighted by Crippen LogP contribution is -2.36. The maximum Gasteiger partial charge on any atom is 0.254 e. The Bertz CT molecular complexity index is 937. The van der Waals surface area contributed by atoms with Gasteiger partial charge in [-0.1, -0.05) is 23.7 Å². The Hall–Kier alpha value is -2.86. The van der Waals surface area contributed by atoms with Crippen molar-refractivity contribution in [1.29, 1.82) is 0 Å². The number of rotatable bonds is 8. The van der Waals surface area contributed by atoms with E-state index in [-0.39, 0.29) is 18.5 Å². The van der Waals surface area contributed by atoms with Gasteiger partial charge in [0.25, 0.3) is 5.91 Å². The Labute approximate surface area is 175 Å². The topological polar surface area (TPSA) is 68.5 Å². The smallest absolute Gasteiger partial charge is 0.254 e. The van der Waals surface area contributed by atoms with Crippen molar-refractivity contribution in [3.63, 3.8) is 0 Å². The van der Waals surface area contributed by atoms with Gasteiger partial charge < -0.3 is 14.2 Å². The molecule has 1 heterocycles. The summed E-state index contributed by atoms with van der Waals surface area (Å²) in [6.45, 7) is 6.83. The van der Waals surface area contributed by atoms with E-state index < -0.39 is 0 Å². The summed E-state index contributed by atoms with van der Waals surface area (Å²) in [6, 6.07) is 14.3. The van der Waals surface area contributed by atoms with E-state index in [9.17, 15) is 4.79 Å². The highest BCUT2D eigenvalue weighted by molar-refractivity contribution is 6.30. The summed E-state index contributed by atoms with van der Waals surface area (Å²) in [5, 5.41) is 4.66. The van der Waals surface area contributed by atoms with Gasteiger partial charge >= 0.3 is 0 Å². The molecule has 0 radical (unpaired) electrons. The fraction of sp³-hybridized carbons (Fsp3) is 0.318. The molecule has 0 N–H and O–H groups in total. The average Bonchev–Trinajstić information content (AvgIpc) is 3.19. The Balaban J connectivity index is 1.73. The van der Waals surface area contributed by atoms with Gasteiger partial charge in [-0.2, -0.15) is 4.98 Å². The number of nitrogens with zero attached hydrogens (tertiary/aromatic N) is 3. The molecule has 2 aromatic carbocycles. The van der Waals surface area contributed by atoms with E-state index in [2.05, 4.69) is 10.1 Å². The molecule has 29 heavy (non-hydrogen) atoms. The van der Waals surface area contributed by atoms with Crippen molar-refractivity contribution in [2.45, 2.75) is 39.8 Å². The van der Waals surface area contributed by atoms with Crippen molar-refractivity contribution < 1.29 is 14.1 Å². The average molecular weight is 414 g/mol. The van der Waals surface area contributed by atoms with Crippen LogP contribution >= 0.6 is 11.6 Å². The number of carbonyl (C=O) groups is 1. The van der Waals surface area contributed by atoms with E-state index >= 15 is 0 Å². The normalized spacial score (nSPS) is 10.9. The summed E-state index contributed by atoms with van der Waals surface area (Å²) in [5.41, 5.74) is 1.38. The van der Waals surface area contributed by atoms with Crippen LogP contribution in [-0.2, 0) is 6.54 Å². The van der Waals surface area contributed by atoms with Gasteiger partial charge in [0.15, 0.2) is 0 Å². The van der Waals surface area contributed by atoms with E-state index in [0.717, 1.165) is 17.7 Å². The molecule has 3 aromatic rings. The minimum absolute atomic E-state index is 0.0376. The summed E-state index contributed by atoms with van der Waals surface area (Å²) >= 11 is 5.92. The van der Waals surface area contributed by atoms with Crippen molar-refractivity contribution >= 4 is 17.5 Å². The van der Waals surface area contributed by atoms with E-state index in [4.69, 9.17) is 20.9 Å². The largest absolute Gasteiger partial charge is 0.494 e. The standard InChI is InChI=1S/C22H24ClN3O3/c1-4-13-28-19-11-7-17(8-12-19)22(27)26(15(2)3)14-20-24-21(25-29-20)16-5-9-18(23)10-6-16/h5-12,15H,4,13-14H2,1-3H3. The second-order valence-electron chi connectivity index (χ2n) is 6.92. The van der Waals surface area contributed by atoms with Crippen molar-refractivity contribution in [2.75, 3.05) is 6.61 Å². The first-order valence-corrected chi connectivity index (χ1v) is 9.98. The summed E-state index contributed by atoms with van der Waals surface area (Å²) < 4.78 is 11.0. The van der Waals surface area contributed by atoms with Crippen molar-refractivity contribution in [2.24, 2.45) is 0 Å². The van der Waals surface area contributed by atoms with Gasteiger partial charge in [-0.3, -0.25) is 4.79 Å². The number of amides is 1. The minimum atomic E-state index is -0.103. The SMILES string of the molecule is CCCOc1ccc(C(=O)N(Cc2nc(-c3ccc(Cl)cc3)no2)C(C)C)cc1. The van der Waals surface area contributed by atoms with Crippen LogP contribution in [0.1, 0.15) is 43.4 Å². The second kappa shape index (κ2) is 9.56. The minimum Gasteiger partial charge on any atom is -0.494 e. The van der Waals surface area contributed by atoms with Crippen LogP contribution in [0.5, 0.6) is 5.75 Å². The van der Waals surface area contributed by atoms with Crippen LogP contribution in [0, 0.1) is 0 Å². The Morgan fingerprint density at radius 1 is 1.14 bits per heavy atom. The first kappa shape index (κ1) is 20.9. The monoisotopic (exact) mass is 413 g/mol. The van der Waals surface area contributed by atoms with Gasteiger partial charge in [-0.25, -0.2) is 0 Å². The van der Waals surface area contributed by atoms with Gasteiger partial charge in [0.1, 0.15) is 12.3 Å². The zero-order valence-corrected chi connectivity index (χ0v) is 17.5. The lowest BCUT2D eigenvalue weighted by Gasteiger charge is -2.25. The number of carbonyl (C=O) groups excluding carboxylic acids is 1. The number of benzene rings is 2. The van der Waals surface area contributed by atoms with E-state index in [0.29, 0.717) is 28.9 Å². The van der Waals surface area contributed by atoms with E-state index in [1.54, 1.807) is 29.2 Å². The third kappa shape index (κ3) is 5.35. The Morgan fingerprint density at radius 3 is 2.45 bits per heavy atom. The lowest BCUT2D eigenvalue weighted by atomic mass is 10.1. The first-order valence-electron chi connectivity index (χ1n) is 9.60. The second-order valence-corrected chi connectivity index (χ2v) is 7.35. The molecule has 0 saturated carbocycles. The molecule has 0 spiro atoms. The Morgan fingerprint density at radius 2 is 1.83 bits per heavy atom. The molecule has 1 aromatic heterocycles. The van der Waals surface area contributed by atoms with Crippen LogP contribution in [0.15, 0.2) is 53.1 Å². The zero-order chi connectivity index (χ0) is 20.8. The summed E-state index contributed by atoms with van der Waals surface area (Å²) in [6.07, 6.45) is 0.935. The molecule has 0 aliphatic heterocycles. The van der Waals surface area contributed by atoms with E-state index in [1.807, 2.05) is 45.0 Å². The van der Waals surface area contributed by atoms with E-state index in [1.165, 1.54) is 0 Å². The highest BCUT2D eigenvalue weighted by atomic mass is 35.5. The Kier molecular flexibility index (Phi) is 6.88. The van der Waals surface area contributed by atoms with Gasteiger partial charge in [-0.05, 0) is 68.8 Å². The van der Waals surface area contributed by atoms with Crippen LogP contribution in [0.3, 0.4) is 0 Å². The maximum absolute atomic E-state index is 13.0. The number of aromatic nitrogens is 2. The predicted molar refractivity (Wildman–Crippen MR) is 112 cm³/mol. The zero-order valence-electron chi connectivity index (χ0n) is 16.8. The molecule has 0 aliphatic carbocycles. The molecule has 0 aliphatic rings. The fourth-order valence-electron chi connectivity index (χ4n) is 2.75. The third-order valence-electron chi connectivity index (χ3n) is 4.33. The quantitative estimate of drug-likeness (QED) is 0.505. The van der Waals surface area contributed by atoms with Gasteiger partial charge in [0.05, 0.1) is 6.61 Å². The molecule has 152 valence electrons. The van der Waals surface area contributed by atoms with Crippen LogP contribution < -0.4 is 4.74 Å². The van der Waals surface area contributed by atoms with Crippen LogP contribution in [0.2, 0.25) is 5.02 Å². The number of hydrogen-bond donors (Lipinski definition) is 0. The lowest BCUT2D eigenvalue weighted by molar-refractivity contribution is 0.0667. The molecule has 1 amide bonds. The number of halogens is 1. The van der Waals surface area contributed by atoms with Crippen molar-refractivity contribution in [3.05, 3.63) is 65.0 Å². The molecule has 0 bridgehead atoms.